The second-order valence-electron chi connectivity index (χ2n) is 4.27. The van der Waals surface area contributed by atoms with E-state index in [9.17, 15) is 20.3 Å². The summed E-state index contributed by atoms with van der Waals surface area (Å²) in [5, 5.41) is 36.5. The third kappa shape index (κ3) is 4.85. The molecule has 0 atom stereocenters. The van der Waals surface area contributed by atoms with Crippen LogP contribution in [0.15, 0.2) is 70.5 Å². The monoisotopic (exact) mass is 344 g/mol. The maximum absolute atomic E-state index is 9.84. The molecule has 0 fully saturated rings. The number of phenolic OH excluding ortho intramolecular Hbond substituents is 2. The first kappa shape index (κ1) is 17.0. The number of aromatic nitrogens is 1. The highest BCUT2D eigenvalue weighted by atomic mass is 32.1. The standard InChI is InChI=1S/C12H10N2O2.C3H2N2O2S/c15-11-7-3-1-5-9(11)13-14-10-6-2-4-8-12(10)16;6-5(7)3-1-4-2-8-3/h1-8,15-16H;1-2H. The highest BCUT2D eigenvalue weighted by molar-refractivity contribution is 7.12. The molecule has 8 nitrogen and oxygen atoms in total. The molecule has 0 aliphatic carbocycles. The Hall–Kier alpha value is -3.33. The Morgan fingerprint density at radius 1 is 0.958 bits per heavy atom. The molecule has 9 heteroatoms. The van der Waals surface area contributed by atoms with Crippen LogP contribution in [0.4, 0.5) is 16.4 Å². The van der Waals surface area contributed by atoms with Crippen LogP contribution < -0.4 is 0 Å². The first-order chi connectivity index (χ1) is 11.6. The van der Waals surface area contributed by atoms with Crippen LogP contribution in [0.5, 0.6) is 11.5 Å². The first-order valence-electron chi connectivity index (χ1n) is 6.58. The van der Waals surface area contributed by atoms with E-state index in [2.05, 4.69) is 15.2 Å². The highest BCUT2D eigenvalue weighted by Crippen LogP contribution is 2.30. The minimum atomic E-state index is -0.461. The normalized spacial score (nSPS) is 10.2. The minimum absolute atomic E-state index is 0.0571. The molecule has 1 heterocycles. The summed E-state index contributed by atoms with van der Waals surface area (Å²) in [5.41, 5.74) is 2.16. The fourth-order valence-electron chi connectivity index (χ4n) is 1.50. The second kappa shape index (κ2) is 8.34. The average molecular weight is 344 g/mol. The summed E-state index contributed by atoms with van der Waals surface area (Å²) in [5.74, 6) is 0.114. The summed E-state index contributed by atoms with van der Waals surface area (Å²) in [6.45, 7) is 0. The fraction of sp³-hybridized carbons (Fsp3) is 0. The van der Waals surface area contributed by atoms with Gasteiger partial charge in [-0.05, 0) is 35.6 Å². The molecule has 0 amide bonds. The van der Waals surface area contributed by atoms with Crippen molar-refractivity contribution in [1.29, 1.82) is 0 Å². The number of rotatable bonds is 3. The van der Waals surface area contributed by atoms with Crippen molar-refractivity contribution >= 4 is 27.7 Å². The van der Waals surface area contributed by atoms with E-state index in [1.807, 2.05) is 0 Å². The molecule has 0 saturated heterocycles. The number of azo groups is 1. The maximum Gasteiger partial charge on any atom is 0.343 e. The van der Waals surface area contributed by atoms with Crippen molar-refractivity contribution in [2.75, 3.05) is 0 Å². The van der Waals surface area contributed by atoms with E-state index in [0.29, 0.717) is 11.4 Å². The van der Waals surface area contributed by atoms with E-state index in [1.54, 1.807) is 36.4 Å². The molecule has 3 rings (SSSR count). The molecule has 0 aliphatic heterocycles. The van der Waals surface area contributed by atoms with Crippen LogP contribution in [-0.2, 0) is 0 Å². The van der Waals surface area contributed by atoms with Gasteiger partial charge in [0.2, 0.25) is 0 Å². The number of phenols is 2. The molecule has 24 heavy (non-hydrogen) atoms. The van der Waals surface area contributed by atoms with Gasteiger partial charge in [0.05, 0.1) is 10.4 Å². The van der Waals surface area contributed by atoms with Gasteiger partial charge in [-0.15, -0.1) is 10.2 Å². The number of para-hydroxylation sites is 2. The quantitative estimate of drug-likeness (QED) is 0.409. The third-order valence-electron chi connectivity index (χ3n) is 2.63. The van der Waals surface area contributed by atoms with Crippen LogP contribution in [0.2, 0.25) is 0 Å². The van der Waals surface area contributed by atoms with Gasteiger partial charge in [-0.3, -0.25) is 10.1 Å². The van der Waals surface area contributed by atoms with Crippen LogP contribution in [-0.4, -0.2) is 20.1 Å². The van der Waals surface area contributed by atoms with Gasteiger partial charge in [-0.2, -0.15) is 0 Å². The van der Waals surface area contributed by atoms with E-state index in [0.717, 1.165) is 11.3 Å². The van der Waals surface area contributed by atoms with Gasteiger partial charge in [-0.25, -0.2) is 4.98 Å². The van der Waals surface area contributed by atoms with E-state index in [1.165, 1.54) is 23.8 Å². The fourth-order valence-corrected chi connectivity index (χ4v) is 1.94. The van der Waals surface area contributed by atoms with E-state index >= 15 is 0 Å². The third-order valence-corrected chi connectivity index (χ3v) is 3.35. The molecule has 2 aromatic carbocycles. The molecule has 3 aromatic rings. The lowest BCUT2D eigenvalue weighted by Crippen LogP contribution is -1.80. The molecule has 0 bridgehead atoms. The van der Waals surface area contributed by atoms with Gasteiger partial charge in [0, 0.05) is 0 Å². The van der Waals surface area contributed by atoms with Gasteiger partial charge >= 0.3 is 5.00 Å². The Morgan fingerprint density at radius 2 is 1.46 bits per heavy atom. The number of hydrogen-bond donors (Lipinski definition) is 2. The summed E-state index contributed by atoms with van der Waals surface area (Å²) in [7, 11) is 0. The molecule has 0 saturated carbocycles. The van der Waals surface area contributed by atoms with E-state index < -0.39 is 4.92 Å². The van der Waals surface area contributed by atoms with Crippen molar-refractivity contribution in [3.05, 3.63) is 70.4 Å². The molecule has 0 radical (unpaired) electrons. The molecular weight excluding hydrogens is 332 g/mol. The zero-order valence-electron chi connectivity index (χ0n) is 12.2. The summed E-state index contributed by atoms with van der Waals surface area (Å²) in [6.07, 6.45) is 1.23. The highest BCUT2D eigenvalue weighted by Gasteiger charge is 2.03. The number of thiazole rings is 1. The maximum atomic E-state index is 9.84. The smallest absolute Gasteiger partial charge is 0.343 e. The Balaban J connectivity index is 0.000000219. The van der Waals surface area contributed by atoms with Crippen molar-refractivity contribution in [3.63, 3.8) is 0 Å². The van der Waals surface area contributed by atoms with Crippen LogP contribution in [0.25, 0.3) is 0 Å². The topological polar surface area (TPSA) is 121 Å². The van der Waals surface area contributed by atoms with Crippen molar-refractivity contribution in [2.45, 2.75) is 0 Å². The minimum Gasteiger partial charge on any atom is -0.506 e. The van der Waals surface area contributed by atoms with Gasteiger partial charge in [-0.1, -0.05) is 24.3 Å². The predicted octanol–water partition coefficient (Wildman–Crippen LogP) is 4.56. The molecule has 0 spiro atoms. The number of nitro groups is 1. The second-order valence-corrected chi connectivity index (χ2v) is 5.14. The molecule has 0 aliphatic rings. The zero-order valence-corrected chi connectivity index (χ0v) is 13.0. The Morgan fingerprint density at radius 3 is 1.79 bits per heavy atom. The number of benzene rings is 2. The van der Waals surface area contributed by atoms with Crippen LogP contribution in [0, 0.1) is 10.1 Å². The molecule has 0 unspecified atom stereocenters. The van der Waals surface area contributed by atoms with Crippen molar-refractivity contribution in [3.8, 4) is 11.5 Å². The van der Waals surface area contributed by atoms with Gasteiger partial charge in [0.25, 0.3) is 0 Å². The van der Waals surface area contributed by atoms with Gasteiger partial charge in [0.15, 0.2) is 0 Å². The van der Waals surface area contributed by atoms with E-state index in [-0.39, 0.29) is 16.5 Å². The van der Waals surface area contributed by atoms with Gasteiger partial charge in [0.1, 0.15) is 29.1 Å². The summed E-state index contributed by atoms with van der Waals surface area (Å²) < 4.78 is 0. The lowest BCUT2D eigenvalue weighted by molar-refractivity contribution is -0.380. The summed E-state index contributed by atoms with van der Waals surface area (Å²) in [4.78, 5) is 12.9. The lowest BCUT2D eigenvalue weighted by atomic mass is 10.3. The molecular formula is C15H12N4O4S. The lowest BCUT2D eigenvalue weighted by Gasteiger charge is -1.97. The number of nitrogens with zero attached hydrogens (tertiary/aromatic N) is 4. The average Bonchev–Trinajstić information content (AvgIpc) is 3.11. The summed E-state index contributed by atoms with van der Waals surface area (Å²) >= 11 is 1.02. The molecule has 122 valence electrons. The Labute approximate surface area is 140 Å². The Kier molecular flexibility index (Phi) is 5.92. The summed E-state index contributed by atoms with van der Waals surface area (Å²) in [6, 6.07) is 13.2. The molecule has 1 aromatic heterocycles. The largest absolute Gasteiger partial charge is 0.506 e. The zero-order chi connectivity index (χ0) is 17.4. The van der Waals surface area contributed by atoms with Crippen molar-refractivity contribution in [2.24, 2.45) is 10.2 Å². The van der Waals surface area contributed by atoms with Crippen LogP contribution in [0.3, 0.4) is 0 Å². The SMILES string of the molecule is O=[N+]([O-])c1cncs1.Oc1ccccc1N=Nc1ccccc1O. The van der Waals surface area contributed by atoms with Crippen molar-refractivity contribution in [1.82, 2.24) is 4.98 Å². The Bertz CT molecular complexity index is 790. The molecule has 2 N–H and O–H groups in total. The van der Waals surface area contributed by atoms with Crippen LogP contribution >= 0.6 is 11.3 Å². The van der Waals surface area contributed by atoms with Crippen molar-refractivity contribution < 1.29 is 15.1 Å². The number of aromatic hydroxyl groups is 2. The number of hydrogen-bond acceptors (Lipinski definition) is 8. The predicted molar refractivity (Wildman–Crippen MR) is 89.2 cm³/mol. The van der Waals surface area contributed by atoms with Crippen LogP contribution in [0.1, 0.15) is 0 Å². The van der Waals surface area contributed by atoms with E-state index in [4.69, 9.17) is 0 Å². The van der Waals surface area contributed by atoms with Gasteiger partial charge < -0.3 is 10.2 Å². The first-order valence-corrected chi connectivity index (χ1v) is 7.46.